The van der Waals surface area contributed by atoms with E-state index in [1.165, 1.54) is 0 Å². The van der Waals surface area contributed by atoms with Crippen LogP contribution in [0.3, 0.4) is 0 Å². The Hall–Kier alpha value is -2.44. The average Bonchev–Trinajstić information content (AvgIpc) is 2.35. The van der Waals surface area contributed by atoms with Gasteiger partial charge < -0.3 is 4.98 Å². The molecule has 3 aromatic rings. The third-order valence-electron chi connectivity index (χ3n) is 2.95. The lowest BCUT2D eigenvalue weighted by molar-refractivity contribution is -0.135. The number of rotatable bonds is 0. The molecule has 3 rings (SSSR count). The second-order valence-corrected chi connectivity index (χ2v) is 4.22. The Bertz CT molecular complexity index is 883. The molecule has 1 N–H and O–H groups in total. The van der Waals surface area contributed by atoms with E-state index in [9.17, 15) is 22.4 Å². The van der Waals surface area contributed by atoms with Crippen LogP contribution in [0.1, 0.15) is 5.56 Å². The highest BCUT2D eigenvalue weighted by Gasteiger charge is 2.35. The number of aromatic nitrogens is 2. The first kappa shape index (κ1) is 12.6. The van der Waals surface area contributed by atoms with E-state index in [-0.39, 0.29) is 21.8 Å². The fraction of sp³-hybridized carbons (Fsp3) is 0.0769. The van der Waals surface area contributed by atoms with Gasteiger partial charge in [0.05, 0.1) is 11.1 Å². The van der Waals surface area contributed by atoms with Crippen LogP contribution >= 0.6 is 0 Å². The number of H-pyrrole nitrogens is 1. The second-order valence-electron chi connectivity index (χ2n) is 4.22. The summed E-state index contributed by atoms with van der Waals surface area (Å²) in [4.78, 5) is 17.8. The predicted octanol–water partition coefficient (Wildman–Crippen LogP) is 3.23. The van der Waals surface area contributed by atoms with E-state index in [0.717, 1.165) is 30.5 Å². The summed E-state index contributed by atoms with van der Waals surface area (Å²) in [5.74, 6) is -0.797. The van der Waals surface area contributed by atoms with Gasteiger partial charge in [-0.2, -0.15) is 13.2 Å². The average molecular weight is 282 g/mol. The highest BCUT2D eigenvalue weighted by atomic mass is 19.4. The summed E-state index contributed by atoms with van der Waals surface area (Å²) in [6.07, 6.45) is -3.62. The minimum atomic E-state index is -4.72. The van der Waals surface area contributed by atoms with Gasteiger partial charge in [0.15, 0.2) is 0 Å². The molecule has 0 fully saturated rings. The van der Waals surface area contributed by atoms with Crippen molar-refractivity contribution in [2.24, 2.45) is 0 Å². The number of hydrogen-bond acceptors (Lipinski definition) is 2. The zero-order chi connectivity index (χ0) is 14.5. The molecule has 0 bridgehead atoms. The van der Waals surface area contributed by atoms with Crippen molar-refractivity contribution in [1.82, 2.24) is 9.97 Å². The van der Waals surface area contributed by atoms with Crippen molar-refractivity contribution >= 4 is 21.8 Å². The maximum absolute atomic E-state index is 13.2. The van der Waals surface area contributed by atoms with Gasteiger partial charge in [0.1, 0.15) is 11.3 Å². The van der Waals surface area contributed by atoms with Crippen molar-refractivity contribution in [2.75, 3.05) is 0 Å². The van der Waals surface area contributed by atoms with Gasteiger partial charge in [0, 0.05) is 17.0 Å². The van der Waals surface area contributed by atoms with Crippen LogP contribution in [-0.4, -0.2) is 9.97 Å². The van der Waals surface area contributed by atoms with Gasteiger partial charge in [-0.1, -0.05) is 0 Å². The molecular weight excluding hydrogens is 276 g/mol. The number of nitrogens with zero attached hydrogens (tertiary/aromatic N) is 1. The number of hydrogen-bond donors (Lipinski definition) is 1. The normalized spacial score (nSPS) is 12.2. The first-order valence-electron chi connectivity index (χ1n) is 5.56. The van der Waals surface area contributed by atoms with Gasteiger partial charge in [-0.25, -0.2) is 9.37 Å². The molecule has 3 nitrogen and oxygen atoms in total. The Morgan fingerprint density at radius 3 is 2.55 bits per heavy atom. The van der Waals surface area contributed by atoms with E-state index < -0.39 is 23.1 Å². The fourth-order valence-electron chi connectivity index (χ4n) is 2.16. The second kappa shape index (κ2) is 4.03. The van der Waals surface area contributed by atoms with Crippen LogP contribution in [0.15, 0.2) is 35.3 Å². The lowest BCUT2D eigenvalue weighted by Crippen LogP contribution is -2.13. The summed E-state index contributed by atoms with van der Waals surface area (Å²) in [7, 11) is 0. The number of fused-ring (bicyclic) bond motifs is 2. The Morgan fingerprint density at radius 1 is 1.10 bits per heavy atom. The summed E-state index contributed by atoms with van der Waals surface area (Å²) in [6.45, 7) is 0. The van der Waals surface area contributed by atoms with Gasteiger partial charge in [-0.05, 0) is 24.3 Å². The number of halogens is 4. The molecule has 0 saturated carbocycles. The summed E-state index contributed by atoms with van der Waals surface area (Å²) < 4.78 is 53.0. The lowest BCUT2D eigenvalue weighted by atomic mass is 10.0. The number of aromatic amines is 1. The van der Waals surface area contributed by atoms with Gasteiger partial charge in [-0.3, -0.25) is 4.79 Å². The zero-order valence-electron chi connectivity index (χ0n) is 9.75. The Morgan fingerprint density at radius 2 is 1.85 bits per heavy atom. The molecule has 0 aliphatic carbocycles. The monoisotopic (exact) mass is 282 g/mol. The first-order chi connectivity index (χ1) is 9.38. The van der Waals surface area contributed by atoms with Crippen molar-refractivity contribution in [3.05, 3.63) is 52.2 Å². The van der Waals surface area contributed by atoms with Gasteiger partial charge in [0.2, 0.25) is 0 Å². The van der Waals surface area contributed by atoms with E-state index in [1.54, 1.807) is 0 Å². The lowest BCUT2D eigenvalue weighted by Gasteiger charge is -2.13. The van der Waals surface area contributed by atoms with Crippen molar-refractivity contribution in [3.8, 4) is 0 Å². The van der Waals surface area contributed by atoms with E-state index in [1.807, 2.05) is 0 Å². The van der Waals surface area contributed by atoms with E-state index in [2.05, 4.69) is 9.97 Å². The van der Waals surface area contributed by atoms with Crippen molar-refractivity contribution in [3.63, 3.8) is 0 Å². The molecule has 0 atom stereocenters. The maximum Gasteiger partial charge on any atom is 0.417 e. The zero-order valence-corrected chi connectivity index (χ0v) is 9.75. The predicted molar refractivity (Wildman–Crippen MR) is 64.8 cm³/mol. The number of pyridine rings is 2. The van der Waals surface area contributed by atoms with Gasteiger partial charge in [0.25, 0.3) is 5.56 Å². The van der Waals surface area contributed by atoms with Crippen LogP contribution in [0.25, 0.3) is 21.8 Å². The summed E-state index contributed by atoms with van der Waals surface area (Å²) >= 11 is 0. The largest absolute Gasteiger partial charge is 0.417 e. The minimum absolute atomic E-state index is 0.0806. The molecular formula is C13H6F4N2O. The molecule has 0 unspecified atom stereocenters. The summed E-state index contributed by atoms with van der Waals surface area (Å²) in [6, 6.07) is 3.99. The maximum atomic E-state index is 13.2. The molecule has 0 aliphatic heterocycles. The molecule has 2 heterocycles. The highest BCUT2D eigenvalue weighted by molar-refractivity contribution is 5.97. The van der Waals surface area contributed by atoms with Crippen LogP contribution in [0.4, 0.5) is 17.6 Å². The SMILES string of the molecule is O=c1[nH]ccc2c(C(F)(F)F)c3cc(F)ccc3nc12. The molecule has 0 spiro atoms. The minimum Gasteiger partial charge on any atom is -0.327 e. The molecule has 20 heavy (non-hydrogen) atoms. The van der Waals surface area contributed by atoms with Crippen molar-refractivity contribution in [2.45, 2.75) is 6.18 Å². The molecule has 0 amide bonds. The molecule has 2 aromatic heterocycles. The third-order valence-corrected chi connectivity index (χ3v) is 2.95. The van der Waals surface area contributed by atoms with E-state index in [0.29, 0.717) is 0 Å². The summed E-state index contributed by atoms with van der Waals surface area (Å²) in [5, 5.41) is -0.713. The van der Waals surface area contributed by atoms with E-state index >= 15 is 0 Å². The van der Waals surface area contributed by atoms with Crippen LogP contribution in [0.2, 0.25) is 0 Å². The summed E-state index contributed by atoms with van der Waals surface area (Å²) in [5.41, 5.74) is -2.18. The van der Waals surface area contributed by atoms with Crippen LogP contribution in [0.5, 0.6) is 0 Å². The topological polar surface area (TPSA) is 45.8 Å². The molecule has 7 heteroatoms. The van der Waals surface area contributed by atoms with Crippen molar-refractivity contribution in [1.29, 1.82) is 0 Å². The number of nitrogens with one attached hydrogen (secondary N) is 1. The first-order valence-corrected chi connectivity index (χ1v) is 5.56. The number of benzene rings is 1. The smallest absolute Gasteiger partial charge is 0.327 e. The molecule has 0 radical (unpaired) electrons. The number of alkyl halides is 3. The van der Waals surface area contributed by atoms with Crippen LogP contribution in [0, 0.1) is 5.82 Å². The molecule has 0 saturated heterocycles. The van der Waals surface area contributed by atoms with Gasteiger partial charge in [-0.15, -0.1) is 0 Å². The van der Waals surface area contributed by atoms with Gasteiger partial charge >= 0.3 is 6.18 Å². The quantitative estimate of drug-likeness (QED) is 0.508. The standard InChI is InChI=1S/C13H6F4N2O/c14-6-1-2-9-8(5-6)10(13(15,16)17)7-3-4-18-12(20)11(7)19-9/h1-5H,(H,18,20). The fourth-order valence-corrected chi connectivity index (χ4v) is 2.16. The highest BCUT2D eigenvalue weighted by Crippen LogP contribution is 2.38. The Labute approximate surface area is 108 Å². The van der Waals surface area contributed by atoms with Crippen molar-refractivity contribution < 1.29 is 17.6 Å². The Kier molecular flexibility index (Phi) is 2.53. The molecule has 102 valence electrons. The Balaban J connectivity index is 2.65. The van der Waals surface area contributed by atoms with E-state index in [4.69, 9.17) is 0 Å². The van der Waals surface area contributed by atoms with Crippen LogP contribution < -0.4 is 5.56 Å². The van der Waals surface area contributed by atoms with Crippen LogP contribution in [-0.2, 0) is 6.18 Å². The molecule has 1 aromatic carbocycles. The molecule has 0 aliphatic rings. The third kappa shape index (κ3) is 1.82.